The molecule has 0 saturated carbocycles. The maximum atomic E-state index is 5.41. The molecule has 0 amide bonds. The van der Waals surface area contributed by atoms with Crippen molar-refractivity contribution in [3.05, 3.63) is 0 Å². The maximum Gasteiger partial charge on any atom is 0.0700 e. The highest BCUT2D eigenvalue weighted by Crippen LogP contribution is 2.17. The molecule has 0 radical (unpaired) electrons. The van der Waals surface area contributed by atoms with Gasteiger partial charge in [-0.25, -0.2) is 0 Å². The van der Waals surface area contributed by atoms with E-state index in [-0.39, 0.29) is 0 Å². The van der Waals surface area contributed by atoms with Gasteiger partial charge in [0.15, 0.2) is 0 Å². The van der Waals surface area contributed by atoms with E-state index in [0.29, 0.717) is 12.1 Å². The zero-order chi connectivity index (χ0) is 5.40. The fourth-order valence-corrected chi connectivity index (χ4v) is 1.43. The number of fused-ring (bicyclic) bond motifs is 3. The summed E-state index contributed by atoms with van der Waals surface area (Å²) < 4.78 is 5.41. The molecule has 3 aliphatic heterocycles. The standard InChI is InChI=1S/C6H11NO/c1-2-6-3-7-5(1)4-8-6/h5-7H,1-4H2/t5?,6-/m0/s1. The van der Waals surface area contributed by atoms with Gasteiger partial charge in [-0.2, -0.15) is 0 Å². The van der Waals surface area contributed by atoms with Crippen LogP contribution in [0.2, 0.25) is 0 Å². The predicted molar refractivity (Wildman–Crippen MR) is 30.8 cm³/mol. The van der Waals surface area contributed by atoms with Crippen LogP contribution < -0.4 is 5.32 Å². The predicted octanol–water partition coefficient (Wildman–Crippen LogP) is 0.137. The van der Waals surface area contributed by atoms with Crippen molar-refractivity contribution in [2.75, 3.05) is 13.2 Å². The highest BCUT2D eigenvalue weighted by molar-refractivity contribution is 4.83. The van der Waals surface area contributed by atoms with Gasteiger partial charge in [0.25, 0.3) is 0 Å². The Kier molecular flexibility index (Phi) is 1.02. The SMILES string of the molecule is C1C[C@H]2CNC1CO2. The van der Waals surface area contributed by atoms with Crippen LogP contribution in [-0.4, -0.2) is 25.3 Å². The zero-order valence-electron chi connectivity index (χ0n) is 4.89. The molecule has 46 valence electrons. The van der Waals surface area contributed by atoms with Crippen molar-refractivity contribution in [3.8, 4) is 0 Å². The summed E-state index contributed by atoms with van der Waals surface area (Å²) >= 11 is 0. The molecular weight excluding hydrogens is 102 g/mol. The first-order chi connectivity index (χ1) is 3.95. The average Bonchev–Trinajstić information content (AvgIpc) is 1.92. The summed E-state index contributed by atoms with van der Waals surface area (Å²) in [6.07, 6.45) is 3.14. The molecule has 1 unspecified atom stereocenters. The van der Waals surface area contributed by atoms with Crippen molar-refractivity contribution in [2.45, 2.75) is 25.0 Å². The lowest BCUT2D eigenvalue weighted by Crippen LogP contribution is -2.51. The molecule has 2 atom stereocenters. The molecule has 3 saturated heterocycles. The quantitative estimate of drug-likeness (QED) is 0.482. The first kappa shape index (κ1) is 4.77. The molecule has 3 rings (SSSR count). The summed E-state index contributed by atoms with van der Waals surface area (Å²) in [5.74, 6) is 0. The van der Waals surface area contributed by atoms with E-state index in [0.717, 1.165) is 13.2 Å². The smallest absolute Gasteiger partial charge is 0.0700 e. The van der Waals surface area contributed by atoms with Crippen molar-refractivity contribution in [1.82, 2.24) is 5.32 Å². The highest BCUT2D eigenvalue weighted by atomic mass is 16.5. The van der Waals surface area contributed by atoms with Gasteiger partial charge >= 0.3 is 0 Å². The molecular formula is C6H11NO. The van der Waals surface area contributed by atoms with Crippen molar-refractivity contribution < 1.29 is 4.74 Å². The molecule has 0 spiro atoms. The summed E-state index contributed by atoms with van der Waals surface area (Å²) in [5.41, 5.74) is 0. The van der Waals surface area contributed by atoms with Gasteiger partial charge in [0.1, 0.15) is 0 Å². The van der Waals surface area contributed by atoms with Crippen LogP contribution in [0.3, 0.4) is 0 Å². The van der Waals surface area contributed by atoms with E-state index in [9.17, 15) is 0 Å². The highest BCUT2D eigenvalue weighted by Gasteiger charge is 2.26. The van der Waals surface area contributed by atoms with Gasteiger partial charge in [-0.1, -0.05) is 0 Å². The molecule has 3 aliphatic rings. The minimum atomic E-state index is 0.542. The number of piperidine rings is 1. The molecule has 3 heterocycles. The molecule has 3 fully saturated rings. The lowest BCUT2D eigenvalue weighted by molar-refractivity contribution is -0.0385. The lowest BCUT2D eigenvalue weighted by atomic mass is 10.0. The zero-order valence-corrected chi connectivity index (χ0v) is 4.89. The van der Waals surface area contributed by atoms with Gasteiger partial charge in [-0.3, -0.25) is 0 Å². The third-order valence-corrected chi connectivity index (χ3v) is 2.00. The van der Waals surface area contributed by atoms with Gasteiger partial charge in [0.2, 0.25) is 0 Å². The lowest BCUT2D eigenvalue weighted by Gasteiger charge is -2.36. The second-order valence-corrected chi connectivity index (χ2v) is 2.64. The minimum Gasteiger partial charge on any atom is -0.375 e. The summed E-state index contributed by atoms with van der Waals surface area (Å²) in [7, 11) is 0. The normalized spacial score (nSPS) is 45.0. The van der Waals surface area contributed by atoms with Crippen molar-refractivity contribution >= 4 is 0 Å². The van der Waals surface area contributed by atoms with Gasteiger partial charge in [-0.05, 0) is 12.8 Å². The Hall–Kier alpha value is -0.0800. The van der Waals surface area contributed by atoms with E-state index in [4.69, 9.17) is 4.74 Å². The molecule has 8 heavy (non-hydrogen) atoms. The molecule has 2 heteroatoms. The Labute approximate surface area is 49.2 Å². The Morgan fingerprint density at radius 1 is 1.38 bits per heavy atom. The van der Waals surface area contributed by atoms with Crippen LogP contribution in [0.25, 0.3) is 0 Å². The number of nitrogens with one attached hydrogen (secondary N) is 1. The van der Waals surface area contributed by atoms with Gasteiger partial charge in [-0.15, -0.1) is 0 Å². The Bertz CT molecular complexity index is 63.5. The first-order valence-corrected chi connectivity index (χ1v) is 3.30. The molecule has 1 N–H and O–H groups in total. The van der Waals surface area contributed by atoms with E-state index < -0.39 is 0 Å². The van der Waals surface area contributed by atoms with Gasteiger partial charge < -0.3 is 10.1 Å². The third-order valence-electron chi connectivity index (χ3n) is 2.00. The molecule has 2 bridgehead atoms. The molecule has 0 aliphatic carbocycles. The van der Waals surface area contributed by atoms with Crippen LogP contribution >= 0.6 is 0 Å². The number of hydrogen-bond donors (Lipinski definition) is 1. The topological polar surface area (TPSA) is 21.3 Å². The van der Waals surface area contributed by atoms with E-state index in [1.165, 1.54) is 12.8 Å². The molecule has 2 nitrogen and oxygen atoms in total. The summed E-state index contributed by atoms with van der Waals surface area (Å²) in [6.45, 7) is 2.04. The fourth-order valence-electron chi connectivity index (χ4n) is 1.43. The van der Waals surface area contributed by atoms with E-state index in [1.807, 2.05) is 0 Å². The molecule has 0 aromatic carbocycles. The molecule has 0 aromatic heterocycles. The Morgan fingerprint density at radius 2 is 2.38 bits per heavy atom. The summed E-state index contributed by atoms with van der Waals surface area (Å²) in [4.78, 5) is 0. The van der Waals surface area contributed by atoms with E-state index >= 15 is 0 Å². The first-order valence-electron chi connectivity index (χ1n) is 3.30. The number of ether oxygens (including phenoxy) is 1. The number of hydrogen-bond acceptors (Lipinski definition) is 2. The Morgan fingerprint density at radius 3 is 2.50 bits per heavy atom. The second kappa shape index (κ2) is 1.71. The van der Waals surface area contributed by atoms with Crippen molar-refractivity contribution in [1.29, 1.82) is 0 Å². The summed E-state index contributed by atoms with van der Waals surface area (Å²) in [5, 5.41) is 3.39. The largest absolute Gasteiger partial charge is 0.375 e. The average molecular weight is 113 g/mol. The minimum absolute atomic E-state index is 0.542. The molecule has 0 aromatic rings. The van der Waals surface area contributed by atoms with Crippen LogP contribution in [-0.2, 0) is 4.74 Å². The number of rotatable bonds is 0. The van der Waals surface area contributed by atoms with Crippen molar-refractivity contribution in [2.24, 2.45) is 0 Å². The monoisotopic (exact) mass is 113 g/mol. The Balaban J connectivity index is 2.03. The van der Waals surface area contributed by atoms with Crippen LogP contribution in [0.4, 0.5) is 0 Å². The van der Waals surface area contributed by atoms with Gasteiger partial charge in [0, 0.05) is 12.6 Å². The van der Waals surface area contributed by atoms with Gasteiger partial charge in [0.05, 0.1) is 12.7 Å². The maximum absolute atomic E-state index is 5.41. The third kappa shape index (κ3) is 0.644. The van der Waals surface area contributed by atoms with Crippen LogP contribution in [0.15, 0.2) is 0 Å². The van der Waals surface area contributed by atoms with E-state index in [1.54, 1.807) is 0 Å². The second-order valence-electron chi connectivity index (χ2n) is 2.64. The van der Waals surface area contributed by atoms with Crippen molar-refractivity contribution in [3.63, 3.8) is 0 Å². The fraction of sp³-hybridized carbons (Fsp3) is 1.00. The van der Waals surface area contributed by atoms with Crippen LogP contribution in [0, 0.1) is 0 Å². The van der Waals surface area contributed by atoms with E-state index in [2.05, 4.69) is 5.32 Å². The number of morpholine rings is 1. The van der Waals surface area contributed by atoms with Crippen LogP contribution in [0.5, 0.6) is 0 Å². The van der Waals surface area contributed by atoms with Crippen LogP contribution in [0.1, 0.15) is 12.8 Å². The summed E-state index contributed by atoms with van der Waals surface area (Å²) in [6, 6.07) is 0.681.